The third-order valence-electron chi connectivity index (χ3n) is 4.79. The molecule has 136 valence electrons. The smallest absolute Gasteiger partial charge is 0.0464 e. The van der Waals surface area contributed by atoms with Gasteiger partial charge < -0.3 is 4.90 Å². The molecule has 0 aliphatic rings. The van der Waals surface area contributed by atoms with Crippen LogP contribution in [0.5, 0.6) is 0 Å². The number of hydrogen-bond donors (Lipinski definition) is 0. The molecule has 3 rings (SSSR count). The summed E-state index contributed by atoms with van der Waals surface area (Å²) in [5.74, 6) is 0. The van der Waals surface area contributed by atoms with Crippen molar-refractivity contribution >= 4 is 17.1 Å². The minimum atomic E-state index is 1.19. The van der Waals surface area contributed by atoms with Gasteiger partial charge in [0.15, 0.2) is 0 Å². The molecular weight excluding hydrogens is 314 g/mol. The highest BCUT2D eigenvalue weighted by Crippen LogP contribution is 2.36. The maximum Gasteiger partial charge on any atom is 0.0464 e. The summed E-state index contributed by atoms with van der Waals surface area (Å²) < 4.78 is 0. The van der Waals surface area contributed by atoms with Gasteiger partial charge in [-0.2, -0.15) is 0 Å². The van der Waals surface area contributed by atoms with E-state index in [4.69, 9.17) is 0 Å². The Kier molecular flexibility index (Phi) is 6.63. The average Bonchev–Trinajstić information content (AvgIpc) is 2.64. The number of benzene rings is 3. The van der Waals surface area contributed by atoms with Crippen LogP contribution < -0.4 is 4.90 Å². The summed E-state index contributed by atoms with van der Waals surface area (Å²) >= 11 is 0. The van der Waals surface area contributed by atoms with Crippen LogP contribution in [0.1, 0.15) is 41.7 Å². The second kappa shape index (κ2) is 8.71. The Hall–Kier alpha value is -2.54. The molecule has 0 atom stereocenters. The number of aryl methyl sites for hydroxylation is 5. The van der Waals surface area contributed by atoms with Crippen LogP contribution in [-0.4, -0.2) is 0 Å². The van der Waals surface area contributed by atoms with Crippen LogP contribution in [-0.2, 0) is 0 Å². The van der Waals surface area contributed by atoms with E-state index in [9.17, 15) is 0 Å². The largest absolute Gasteiger partial charge is 0.310 e. The van der Waals surface area contributed by atoms with Gasteiger partial charge in [0, 0.05) is 17.1 Å². The molecule has 0 aliphatic carbocycles. The quantitative estimate of drug-likeness (QED) is 0.469. The zero-order chi connectivity index (χ0) is 19.3. The van der Waals surface area contributed by atoms with E-state index in [1.165, 1.54) is 44.9 Å². The van der Waals surface area contributed by atoms with Crippen molar-refractivity contribution < 1.29 is 0 Å². The second-order valence-electron chi connectivity index (χ2n) is 6.71. The third-order valence-corrected chi connectivity index (χ3v) is 4.79. The van der Waals surface area contributed by atoms with E-state index in [1.54, 1.807) is 0 Å². The van der Waals surface area contributed by atoms with Gasteiger partial charge in [-0.15, -0.1) is 0 Å². The van der Waals surface area contributed by atoms with Gasteiger partial charge in [-0.25, -0.2) is 0 Å². The summed E-state index contributed by atoms with van der Waals surface area (Å²) in [4.78, 5) is 2.33. The van der Waals surface area contributed by atoms with Gasteiger partial charge in [0.25, 0.3) is 0 Å². The van der Waals surface area contributed by atoms with E-state index in [0.29, 0.717) is 0 Å². The van der Waals surface area contributed by atoms with Crippen molar-refractivity contribution in [1.29, 1.82) is 0 Å². The maximum absolute atomic E-state index is 2.33. The van der Waals surface area contributed by atoms with Crippen LogP contribution in [0, 0.1) is 34.6 Å². The molecule has 26 heavy (non-hydrogen) atoms. The highest BCUT2D eigenvalue weighted by molar-refractivity contribution is 5.77. The molecule has 0 amide bonds. The van der Waals surface area contributed by atoms with Crippen molar-refractivity contribution in [2.24, 2.45) is 0 Å². The highest BCUT2D eigenvalue weighted by atomic mass is 15.1. The Labute approximate surface area is 159 Å². The van der Waals surface area contributed by atoms with Crippen molar-refractivity contribution in [2.75, 3.05) is 4.90 Å². The Morgan fingerprint density at radius 3 is 1.23 bits per heavy atom. The first-order chi connectivity index (χ1) is 12.5. The van der Waals surface area contributed by atoms with E-state index < -0.39 is 0 Å². The predicted octanol–water partition coefficient (Wildman–Crippen LogP) is 7.72. The molecule has 0 radical (unpaired) electrons. The number of anilines is 3. The van der Waals surface area contributed by atoms with Crippen molar-refractivity contribution in [2.45, 2.75) is 48.5 Å². The maximum atomic E-state index is 2.33. The van der Waals surface area contributed by atoms with E-state index >= 15 is 0 Å². The summed E-state index contributed by atoms with van der Waals surface area (Å²) in [5, 5.41) is 0. The minimum Gasteiger partial charge on any atom is -0.310 e. The monoisotopic (exact) mass is 345 g/mol. The normalized spacial score (nSPS) is 10.1. The number of hydrogen-bond acceptors (Lipinski definition) is 1. The summed E-state index contributed by atoms with van der Waals surface area (Å²) in [7, 11) is 0. The Morgan fingerprint density at radius 2 is 0.846 bits per heavy atom. The molecule has 0 N–H and O–H groups in total. The molecule has 0 fully saturated rings. The molecule has 0 heterocycles. The lowest BCUT2D eigenvalue weighted by Gasteiger charge is -2.27. The summed E-state index contributed by atoms with van der Waals surface area (Å²) in [6.45, 7) is 14.8. The van der Waals surface area contributed by atoms with Crippen LogP contribution in [0.3, 0.4) is 0 Å². The van der Waals surface area contributed by atoms with E-state index in [2.05, 4.69) is 100 Å². The standard InChI is InChI=1S/C23H25N.C2H6/c1-16-6-10-21(11-7-16)24(22-12-8-17(2)19(4)14-22)23-13-9-18(3)20(5)15-23;1-2/h6-15H,1-5H3;1-2H3. The molecule has 0 aliphatic heterocycles. The van der Waals surface area contributed by atoms with Crippen LogP contribution in [0.4, 0.5) is 17.1 Å². The molecule has 0 saturated heterocycles. The highest BCUT2D eigenvalue weighted by Gasteiger charge is 2.13. The fraction of sp³-hybridized carbons (Fsp3) is 0.280. The Morgan fingerprint density at radius 1 is 0.462 bits per heavy atom. The minimum absolute atomic E-state index is 1.19. The Balaban J connectivity index is 0.00000117. The van der Waals surface area contributed by atoms with Crippen LogP contribution in [0.2, 0.25) is 0 Å². The molecule has 0 bridgehead atoms. The molecular formula is C25H31N. The van der Waals surface area contributed by atoms with Gasteiger partial charge in [-0.1, -0.05) is 43.7 Å². The molecule has 0 aromatic heterocycles. The van der Waals surface area contributed by atoms with Gasteiger partial charge in [-0.05, 0) is 93.3 Å². The fourth-order valence-electron chi connectivity index (χ4n) is 2.87. The first-order valence-electron chi connectivity index (χ1n) is 9.47. The van der Waals surface area contributed by atoms with Gasteiger partial charge >= 0.3 is 0 Å². The second-order valence-corrected chi connectivity index (χ2v) is 6.71. The lowest BCUT2D eigenvalue weighted by atomic mass is 10.1. The van der Waals surface area contributed by atoms with Crippen molar-refractivity contribution in [1.82, 2.24) is 0 Å². The van der Waals surface area contributed by atoms with E-state index in [1.807, 2.05) is 13.8 Å². The first kappa shape index (κ1) is 19.8. The van der Waals surface area contributed by atoms with Crippen LogP contribution >= 0.6 is 0 Å². The lowest BCUT2D eigenvalue weighted by molar-refractivity contribution is 1.23. The van der Waals surface area contributed by atoms with Crippen molar-refractivity contribution in [3.8, 4) is 0 Å². The summed E-state index contributed by atoms with van der Waals surface area (Å²) in [6.07, 6.45) is 0. The zero-order valence-corrected chi connectivity index (χ0v) is 17.2. The third kappa shape index (κ3) is 4.35. The molecule has 0 saturated carbocycles. The van der Waals surface area contributed by atoms with Crippen LogP contribution in [0.15, 0.2) is 60.7 Å². The molecule has 3 aromatic rings. The van der Waals surface area contributed by atoms with Gasteiger partial charge in [0.1, 0.15) is 0 Å². The van der Waals surface area contributed by atoms with Crippen LogP contribution in [0.25, 0.3) is 0 Å². The summed E-state index contributed by atoms with van der Waals surface area (Å²) in [6, 6.07) is 22.1. The average molecular weight is 346 g/mol. The topological polar surface area (TPSA) is 3.24 Å². The molecule has 0 spiro atoms. The molecule has 1 heteroatoms. The Bertz CT molecular complexity index is 808. The van der Waals surface area contributed by atoms with Crippen molar-refractivity contribution in [3.63, 3.8) is 0 Å². The number of nitrogens with zero attached hydrogens (tertiary/aromatic N) is 1. The SMILES string of the molecule is CC.Cc1ccc(N(c2ccc(C)c(C)c2)c2ccc(C)c(C)c2)cc1. The molecule has 0 unspecified atom stereocenters. The lowest BCUT2D eigenvalue weighted by Crippen LogP contribution is -2.10. The molecule has 1 nitrogen and oxygen atoms in total. The number of rotatable bonds is 3. The van der Waals surface area contributed by atoms with Gasteiger partial charge in [-0.3, -0.25) is 0 Å². The van der Waals surface area contributed by atoms with E-state index in [0.717, 1.165) is 0 Å². The predicted molar refractivity (Wildman–Crippen MR) is 116 cm³/mol. The van der Waals surface area contributed by atoms with Crippen molar-refractivity contribution in [3.05, 3.63) is 88.5 Å². The van der Waals surface area contributed by atoms with E-state index in [-0.39, 0.29) is 0 Å². The molecule has 3 aromatic carbocycles. The zero-order valence-electron chi connectivity index (χ0n) is 17.2. The first-order valence-corrected chi connectivity index (χ1v) is 9.47. The fourth-order valence-corrected chi connectivity index (χ4v) is 2.87. The van der Waals surface area contributed by atoms with Gasteiger partial charge in [0.05, 0.1) is 0 Å². The van der Waals surface area contributed by atoms with Gasteiger partial charge in [0.2, 0.25) is 0 Å². The summed E-state index contributed by atoms with van der Waals surface area (Å²) in [5.41, 5.74) is 10.1.